The summed E-state index contributed by atoms with van der Waals surface area (Å²) in [6.07, 6.45) is -4.43. The van der Waals surface area contributed by atoms with Gasteiger partial charge in [-0.3, -0.25) is 9.59 Å². The van der Waals surface area contributed by atoms with Gasteiger partial charge in [0.25, 0.3) is 11.8 Å². The minimum atomic E-state index is -4.75. The third-order valence-electron chi connectivity index (χ3n) is 5.67. The van der Waals surface area contributed by atoms with E-state index in [1.807, 2.05) is 0 Å². The first-order valence-electron chi connectivity index (χ1n) is 12.9. The van der Waals surface area contributed by atoms with E-state index in [-0.39, 0.29) is 27.6 Å². The quantitative estimate of drug-likeness (QED) is 0.223. The average Bonchev–Trinajstić information content (AvgIpc) is 2.88. The molecule has 15 heteroatoms. The number of aromatic nitrogens is 1. The Bertz CT molecular complexity index is 1710. The molecule has 0 bridgehead atoms. The Kier molecular flexibility index (Phi) is 10.0. The fourth-order valence-electron chi connectivity index (χ4n) is 3.57. The van der Waals surface area contributed by atoms with Crippen LogP contribution in [0.25, 0.3) is 0 Å². The van der Waals surface area contributed by atoms with Gasteiger partial charge in [-0.2, -0.15) is 21.9 Å². The molecule has 0 saturated carbocycles. The zero-order valence-electron chi connectivity index (χ0n) is 24.5. The number of benzene rings is 2. The second-order valence-electron chi connectivity index (χ2n) is 10.6. The molecule has 3 amide bonds. The van der Waals surface area contributed by atoms with Crippen LogP contribution >= 0.6 is 0 Å². The number of carbonyl (C=O) groups is 3. The van der Waals surface area contributed by atoms with Gasteiger partial charge >= 0.3 is 12.3 Å². The highest BCUT2D eigenvalue weighted by Crippen LogP contribution is 2.36. The Morgan fingerprint density at radius 1 is 1.00 bits per heavy atom. The van der Waals surface area contributed by atoms with Crippen molar-refractivity contribution in [2.75, 3.05) is 11.6 Å². The number of halogens is 4. The Balaban J connectivity index is 1.88. The van der Waals surface area contributed by atoms with Crippen LogP contribution in [0.1, 0.15) is 49.3 Å². The van der Waals surface area contributed by atoms with Crippen molar-refractivity contribution < 1.29 is 45.6 Å². The van der Waals surface area contributed by atoms with E-state index in [0.29, 0.717) is 12.1 Å². The summed E-state index contributed by atoms with van der Waals surface area (Å²) in [6.45, 7) is 7.65. The van der Waals surface area contributed by atoms with Crippen molar-refractivity contribution >= 4 is 33.3 Å². The Morgan fingerprint density at radius 2 is 1.68 bits per heavy atom. The predicted octanol–water partition coefficient (Wildman–Crippen LogP) is 6.49. The van der Waals surface area contributed by atoms with E-state index in [1.165, 1.54) is 44.4 Å². The number of amides is 3. The van der Waals surface area contributed by atoms with E-state index in [2.05, 4.69) is 20.0 Å². The zero-order chi connectivity index (χ0) is 33.0. The number of alkyl halides is 3. The second-order valence-corrected chi connectivity index (χ2v) is 12.9. The maximum Gasteiger partial charge on any atom is 0.416 e. The van der Waals surface area contributed by atoms with Crippen molar-refractivity contribution in [3.05, 3.63) is 77.4 Å². The molecule has 2 aromatic carbocycles. The maximum atomic E-state index is 13.4. The minimum Gasteiger partial charge on any atom is -0.455 e. The molecule has 3 rings (SSSR count). The molecular formula is C29H30F4N4O6S. The van der Waals surface area contributed by atoms with E-state index in [4.69, 9.17) is 9.47 Å². The summed E-state index contributed by atoms with van der Waals surface area (Å²) in [4.78, 5) is 41.4. The molecule has 1 aromatic heterocycles. The van der Waals surface area contributed by atoms with Crippen molar-refractivity contribution in [1.29, 1.82) is 0 Å². The number of anilines is 1. The number of aryl methyl sites for hydroxylation is 1. The number of ether oxygens (including phenoxy) is 2. The molecule has 2 atom stereocenters. The SMILES string of the molecule is Cc1nc(F)ccc1Oc1cc(C(F)(F)F)ccc1C(=O)Nc1cccc([S@@](C)(=O)=NC(=O)[C@@H](C)NC(=O)OC(C)(C)C)c1. The number of nitrogens with one attached hydrogen (secondary N) is 2. The molecule has 1 heterocycles. The van der Waals surface area contributed by atoms with Crippen LogP contribution in [0.15, 0.2) is 63.9 Å². The van der Waals surface area contributed by atoms with E-state index in [1.54, 1.807) is 20.8 Å². The summed E-state index contributed by atoms with van der Waals surface area (Å²) in [7, 11) is -3.38. The smallest absolute Gasteiger partial charge is 0.416 e. The van der Waals surface area contributed by atoms with E-state index in [9.17, 15) is 36.2 Å². The maximum absolute atomic E-state index is 13.4. The number of carbonyl (C=O) groups excluding carboxylic acids is 3. The second kappa shape index (κ2) is 13.0. The van der Waals surface area contributed by atoms with Crippen molar-refractivity contribution in [1.82, 2.24) is 10.3 Å². The first-order chi connectivity index (χ1) is 20.2. The number of hydrogen-bond donors (Lipinski definition) is 2. The van der Waals surface area contributed by atoms with Crippen LogP contribution in [0.3, 0.4) is 0 Å². The van der Waals surface area contributed by atoms with Crippen LogP contribution < -0.4 is 15.4 Å². The molecular weight excluding hydrogens is 608 g/mol. The summed E-state index contributed by atoms with van der Waals surface area (Å²) in [5, 5.41) is 4.82. The van der Waals surface area contributed by atoms with Gasteiger partial charge in [-0.05, 0) is 83.1 Å². The molecule has 0 unspecified atom stereocenters. The van der Waals surface area contributed by atoms with E-state index >= 15 is 0 Å². The number of rotatable bonds is 7. The van der Waals surface area contributed by atoms with Gasteiger partial charge in [0.1, 0.15) is 23.1 Å². The van der Waals surface area contributed by atoms with Crippen LogP contribution in [-0.2, 0) is 25.4 Å². The van der Waals surface area contributed by atoms with Crippen molar-refractivity contribution in [3.8, 4) is 11.5 Å². The molecule has 10 nitrogen and oxygen atoms in total. The fraction of sp³-hybridized carbons (Fsp3) is 0.310. The molecule has 0 fully saturated rings. The van der Waals surface area contributed by atoms with Crippen LogP contribution in [0.5, 0.6) is 11.5 Å². The van der Waals surface area contributed by atoms with Crippen molar-refractivity contribution in [3.63, 3.8) is 0 Å². The topological polar surface area (TPSA) is 136 Å². The standard InChI is InChI=1S/C29H30F4N4O6S/c1-16-22(12-13-24(30)34-16)42-23-14-18(29(31,32)33)10-11-21(23)26(39)36-19-8-7-9-20(15-19)44(6,41)37-25(38)17(2)35-27(40)43-28(3,4)5/h7-15,17H,1-6H3,(H,35,40)(H,36,39)/t17-,44-/m1/s1. The molecule has 3 aromatic rings. The monoisotopic (exact) mass is 638 g/mol. The molecule has 0 spiro atoms. The molecule has 0 aliphatic carbocycles. The summed E-state index contributed by atoms with van der Waals surface area (Å²) in [5.41, 5.74) is -2.09. The molecule has 0 radical (unpaired) electrons. The lowest BCUT2D eigenvalue weighted by Gasteiger charge is -2.21. The minimum absolute atomic E-state index is 0.0353. The van der Waals surface area contributed by atoms with Gasteiger partial charge in [0, 0.05) is 16.8 Å². The average molecular weight is 639 g/mol. The first kappa shape index (κ1) is 34.0. The lowest BCUT2D eigenvalue weighted by molar-refractivity contribution is -0.137. The Morgan fingerprint density at radius 3 is 2.30 bits per heavy atom. The molecule has 0 aliphatic rings. The number of alkyl carbamates (subject to hydrolysis) is 1. The molecule has 0 aliphatic heterocycles. The van der Waals surface area contributed by atoms with Crippen molar-refractivity contribution in [2.24, 2.45) is 4.36 Å². The molecule has 0 saturated heterocycles. The summed E-state index contributed by atoms with van der Waals surface area (Å²) < 4.78 is 81.5. The van der Waals surface area contributed by atoms with Crippen LogP contribution in [-0.4, -0.2) is 45.0 Å². The van der Waals surface area contributed by atoms with Gasteiger partial charge in [-0.25, -0.2) is 14.0 Å². The van der Waals surface area contributed by atoms with Crippen LogP contribution in [0.4, 0.5) is 28.0 Å². The molecule has 44 heavy (non-hydrogen) atoms. The highest BCUT2D eigenvalue weighted by atomic mass is 32.2. The van der Waals surface area contributed by atoms with Crippen LogP contribution in [0.2, 0.25) is 0 Å². The highest BCUT2D eigenvalue weighted by molar-refractivity contribution is 7.93. The third-order valence-corrected chi connectivity index (χ3v) is 7.33. The summed E-state index contributed by atoms with van der Waals surface area (Å²) >= 11 is 0. The van der Waals surface area contributed by atoms with Crippen molar-refractivity contribution in [2.45, 2.75) is 57.3 Å². The van der Waals surface area contributed by atoms with Gasteiger partial charge in [-0.15, -0.1) is 0 Å². The number of pyridine rings is 1. The number of hydrogen-bond acceptors (Lipinski definition) is 7. The lowest BCUT2D eigenvalue weighted by Crippen LogP contribution is -2.41. The summed E-state index contributed by atoms with van der Waals surface area (Å²) in [6, 6.07) is 8.72. The molecule has 236 valence electrons. The highest BCUT2D eigenvalue weighted by Gasteiger charge is 2.32. The van der Waals surface area contributed by atoms with E-state index in [0.717, 1.165) is 18.2 Å². The van der Waals surface area contributed by atoms with Crippen LogP contribution in [0, 0.1) is 12.9 Å². The van der Waals surface area contributed by atoms with Gasteiger partial charge in [0.05, 0.1) is 26.5 Å². The third kappa shape index (κ3) is 9.23. The predicted molar refractivity (Wildman–Crippen MR) is 153 cm³/mol. The Labute approximate surface area is 251 Å². The normalized spacial score (nSPS) is 13.7. The largest absolute Gasteiger partial charge is 0.455 e. The van der Waals surface area contributed by atoms with Gasteiger partial charge in [-0.1, -0.05) is 6.07 Å². The number of nitrogens with zero attached hydrogens (tertiary/aromatic N) is 2. The zero-order valence-corrected chi connectivity index (χ0v) is 25.4. The lowest BCUT2D eigenvalue weighted by atomic mass is 10.1. The first-order valence-corrected chi connectivity index (χ1v) is 14.9. The molecule has 2 N–H and O–H groups in total. The van der Waals surface area contributed by atoms with Gasteiger partial charge in [0.2, 0.25) is 5.95 Å². The summed E-state index contributed by atoms with van der Waals surface area (Å²) in [5.74, 6) is -3.16. The van der Waals surface area contributed by atoms with Gasteiger partial charge in [0.15, 0.2) is 0 Å². The Hall–Kier alpha value is -4.53. The van der Waals surface area contributed by atoms with E-state index < -0.39 is 62.7 Å². The fourth-order valence-corrected chi connectivity index (χ4v) is 4.86. The van der Waals surface area contributed by atoms with Gasteiger partial charge < -0.3 is 20.1 Å².